The third-order valence-corrected chi connectivity index (χ3v) is 3.99. The van der Waals surface area contributed by atoms with Crippen LogP contribution in [-0.2, 0) is 6.18 Å². The molecule has 0 bridgehead atoms. The third kappa shape index (κ3) is 2.87. The Morgan fingerprint density at radius 3 is 2.36 bits per heavy atom. The van der Waals surface area contributed by atoms with Gasteiger partial charge in [0.25, 0.3) is 0 Å². The van der Waals surface area contributed by atoms with Crippen LogP contribution in [0.1, 0.15) is 16.7 Å². The third-order valence-electron chi connectivity index (χ3n) is 3.99. The van der Waals surface area contributed by atoms with Crippen molar-refractivity contribution in [3.05, 3.63) is 77.4 Å². The zero-order valence-corrected chi connectivity index (χ0v) is 12.9. The van der Waals surface area contributed by atoms with E-state index < -0.39 is 11.7 Å². The fraction of sp³-hybridized carbons (Fsp3) is 0.0526. The molecule has 0 atom stereocenters. The lowest BCUT2D eigenvalue weighted by Crippen LogP contribution is -2.17. The van der Waals surface area contributed by atoms with Crippen molar-refractivity contribution in [2.75, 3.05) is 0 Å². The second-order valence-corrected chi connectivity index (χ2v) is 5.63. The van der Waals surface area contributed by atoms with Crippen LogP contribution in [0.5, 0.6) is 0 Å². The first-order chi connectivity index (χ1) is 12.0. The molecule has 3 aromatic carbocycles. The Balaban J connectivity index is 1.53. The zero-order chi connectivity index (χ0) is 17.4. The van der Waals surface area contributed by atoms with Crippen molar-refractivity contribution in [3.63, 3.8) is 0 Å². The number of nitrogens with one attached hydrogen (secondary N) is 1. The van der Waals surface area contributed by atoms with E-state index in [2.05, 4.69) is 15.5 Å². The molecule has 1 heterocycles. The first-order valence-electron chi connectivity index (χ1n) is 7.59. The van der Waals surface area contributed by atoms with E-state index >= 15 is 0 Å². The summed E-state index contributed by atoms with van der Waals surface area (Å²) in [6, 6.07) is 16.6. The van der Waals surface area contributed by atoms with E-state index in [1.807, 2.05) is 36.4 Å². The molecule has 0 amide bonds. The highest BCUT2D eigenvalue weighted by Gasteiger charge is 2.29. The smallest absolute Gasteiger partial charge is 0.261 e. The number of alkyl halides is 3. The van der Waals surface area contributed by atoms with Crippen molar-refractivity contribution in [3.8, 4) is 0 Å². The van der Waals surface area contributed by atoms with Crippen LogP contribution < -0.4 is 5.43 Å². The number of halogens is 3. The Bertz CT molecular complexity index is 997. The van der Waals surface area contributed by atoms with Crippen molar-refractivity contribution in [1.82, 2.24) is 5.43 Å². The van der Waals surface area contributed by atoms with Crippen LogP contribution in [0.25, 0.3) is 10.8 Å². The Labute approximate surface area is 141 Å². The highest BCUT2D eigenvalue weighted by molar-refractivity contribution is 6.18. The molecule has 0 aromatic heterocycles. The maximum atomic E-state index is 12.6. The molecule has 0 spiro atoms. The van der Waals surface area contributed by atoms with Crippen molar-refractivity contribution in [1.29, 1.82) is 0 Å². The maximum Gasteiger partial charge on any atom is 0.416 e. The molecule has 4 rings (SSSR count). The van der Waals surface area contributed by atoms with Crippen LogP contribution in [0, 0.1) is 0 Å². The van der Waals surface area contributed by atoms with Gasteiger partial charge in [-0.15, -0.1) is 0 Å². The van der Waals surface area contributed by atoms with Crippen molar-refractivity contribution in [2.45, 2.75) is 6.18 Å². The van der Waals surface area contributed by atoms with Crippen LogP contribution in [0.3, 0.4) is 0 Å². The van der Waals surface area contributed by atoms with E-state index in [-0.39, 0.29) is 0 Å². The minimum atomic E-state index is -4.34. The van der Waals surface area contributed by atoms with Gasteiger partial charge in [0.05, 0.1) is 17.5 Å². The average Bonchev–Trinajstić information content (AvgIpc) is 2.95. The van der Waals surface area contributed by atoms with Gasteiger partial charge in [-0.25, -0.2) is 4.99 Å². The number of hydrogen-bond donors (Lipinski definition) is 1. The molecule has 0 saturated heterocycles. The van der Waals surface area contributed by atoms with Crippen LogP contribution in [0.2, 0.25) is 0 Å². The number of nitrogens with zero attached hydrogens (tertiary/aromatic N) is 2. The van der Waals surface area contributed by atoms with Gasteiger partial charge in [-0.3, -0.25) is 5.43 Å². The number of aliphatic imine (C=N–C) groups is 1. The fourth-order valence-corrected chi connectivity index (χ4v) is 2.80. The van der Waals surface area contributed by atoms with Gasteiger partial charge in [0.1, 0.15) is 0 Å². The van der Waals surface area contributed by atoms with Crippen LogP contribution in [0.15, 0.2) is 70.8 Å². The Morgan fingerprint density at radius 2 is 1.64 bits per heavy atom. The number of hydrogen-bond acceptors (Lipinski definition) is 3. The summed E-state index contributed by atoms with van der Waals surface area (Å²) < 4.78 is 37.7. The second kappa shape index (κ2) is 5.73. The molecule has 0 unspecified atom stereocenters. The summed E-state index contributed by atoms with van der Waals surface area (Å²) in [6.07, 6.45) is -2.87. The van der Waals surface area contributed by atoms with Crippen molar-refractivity contribution < 1.29 is 13.2 Å². The van der Waals surface area contributed by atoms with Gasteiger partial charge in [-0.2, -0.15) is 18.3 Å². The monoisotopic (exact) mass is 339 g/mol. The highest BCUT2D eigenvalue weighted by Crippen LogP contribution is 2.34. The van der Waals surface area contributed by atoms with E-state index in [9.17, 15) is 13.2 Å². The zero-order valence-electron chi connectivity index (χ0n) is 12.9. The molecule has 0 fully saturated rings. The SMILES string of the molecule is FC(F)(F)c1ccc(C=NNC2=Nc3cccc4cccc2c34)cc1. The summed E-state index contributed by atoms with van der Waals surface area (Å²) >= 11 is 0. The lowest BCUT2D eigenvalue weighted by atomic mass is 10.0. The molecule has 3 aromatic rings. The average molecular weight is 339 g/mol. The molecule has 124 valence electrons. The molecule has 1 aliphatic rings. The summed E-state index contributed by atoms with van der Waals surface area (Å²) in [5.74, 6) is 0.620. The molecule has 0 radical (unpaired) electrons. The lowest BCUT2D eigenvalue weighted by molar-refractivity contribution is -0.137. The number of amidine groups is 1. The van der Waals surface area contributed by atoms with Crippen LogP contribution in [0.4, 0.5) is 18.9 Å². The fourth-order valence-electron chi connectivity index (χ4n) is 2.80. The van der Waals surface area contributed by atoms with Gasteiger partial charge in [-0.1, -0.05) is 42.5 Å². The first-order valence-corrected chi connectivity index (χ1v) is 7.59. The van der Waals surface area contributed by atoms with Crippen molar-refractivity contribution >= 4 is 28.5 Å². The Kier molecular flexibility index (Phi) is 3.53. The minimum Gasteiger partial charge on any atom is -0.261 e. The predicted octanol–water partition coefficient (Wildman–Crippen LogP) is 4.87. The van der Waals surface area contributed by atoms with E-state index in [1.165, 1.54) is 18.3 Å². The second-order valence-electron chi connectivity index (χ2n) is 5.63. The van der Waals surface area contributed by atoms with E-state index in [0.29, 0.717) is 11.4 Å². The van der Waals surface area contributed by atoms with Gasteiger partial charge < -0.3 is 0 Å². The van der Waals surface area contributed by atoms with Gasteiger partial charge in [0.15, 0.2) is 5.84 Å². The van der Waals surface area contributed by atoms with Gasteiger partial charge in [-0.05, 0) is 29.1 Å². The topological polar surface area (TPSA) is 36.8 Å². The van der Waals surface area contributed by atoms with Crippen LogP contribution >= 0.6 is 0 Å². The molecule has 0 saturated carbocycles. The molecular weight excluding hydrogens is 327 g/mol. The Hall–Kier alpha value is -3.15. The largest absolute Gasteiger partial charge is 0.416 e. The Morgan fingerprint density at radius 1 is 0.920 bits per heavy atom. The molecule has 3 nitrogen and oxygen atoms in total. The molecule has 1 aliphatic heterocycles. The van der Waals surface area contributed by atoms with E-state index in [1.54, 1.807) is 0 Å². The summed E-state index contributed by atoms with van der Waals surface area (Å²) in [5, 5.41) is 6.26. The quantitative estimate of drug-likeness (QED) is 0.525. The minimum absolute atomic E-state index is 0.565. The molecule has 25 heavy (non-hydrogen) atoms. The van der Waals surface area contributed by atoms with Gasteiger partial charge in [0.2, 0.25) is 0 Å². The summed E-state index contributed by atoms with van der Waals surface area (Å²) in [4.78, 5) is 4.52. The van der Waals surface area contributed by atoms with Crippen LogP contribution in [-0.4, -0.2) is 12.1 Å². The number of hydrazone groups is 1. The van der Waals surface area contributed by atoms with Crippen molar-refractivity contribution in [2.24, 2.45) is 10.1 Å². The van der Waals surface area contributed by atoms with Gasteiger partial charge in [0, 0.05) is 10.9 Å². The lowest BCUT2D eigenvalue weighted by Gasteiger charge is -2.06. The standard InChI is InChI=1S/C19H12F3N3/c20-19(21,22)14-9-7-12(8-10-14)11-23-25-18-15-5-1-3-13-4-2-6-16(24-18)17(13)15/h1-11H,(H,24,25). The summed E-state index contributed by atoms with van der Waals surface area (Å²) in [5.41, 5.74) is 4.59. The van der Waals surface area contributed by atoms with E-state index in [0.717, 1.165) is 34.2 Å². The number of benzene rings is 3. The van der Waals surface area contributed by atoms with E-state index in [4.69, 9.17) is 0 Å². The summed E-state index contributed by atoms with van der Waals surface area (Å²) in [7, 11) is 0. The predicted molar refractivity (Wildman–Crippen MR) is 92.3 cm³/mol. The molecular formula is C19H12F3N3. The molecule has 1 N–H and O–H groups in total. The summed E-state index contributed by atoms with van der Waals surface area (Å²) in [6.45, 7) is 0. The molecule has 0 aliphatic carbocycles. The number of rotatable bonds is 2. The highest BCUT2D eigenvalue weighted by atomic mass is 19.4. The van der Waals surface area contributed by atoms with Gasteiger partial charge >= 0.3 is 6.18 Å². The maximum absolute atomic E-state index is 12.6. The first kappa shape index (κ1) is 15.4. The normalized spacial score (nSPS) is 13.5. The molecule has 6 heteroatoms.